The summed E-state index contributed by atoms with van der Waals surface area (Å²) in [6, 6.07) is 6.20. The van der Waals surface area contributed by atoms with E-state index in [2.05, 4.69) is 11.9 Å². The number of ether oxygens (including phenoxy) is 1. The first-order valence-corrected chi connectivity index (χ1v) is 9.66. The summed E-state index contributed by atoms with van der Waals surface area (Å²) >= 11 is 0. The topological polar surface area (TPSA) is 65.6 Å². The van der Waals surface area contributed by atoms with Crippen molar-refractivity contribution in [2.75, 3.05) is 13.7 Å². The monoisotopic (exact) mass is 372 g/mol. The number of rotatable bonds is 4. The Bertz CT molecular complexity index is 815. The molecule has 2 bridgehead atoms. The third-order valence-electron chi connectivity index (χ3n) is 6.31. The molecular weight excluding hydrogens is 340 g/mol. The van der Waals surface area contributed by atoms with Crippen LogP contribution in [-0.2, 0) is 4.79 Å². The van der Waals surface area contributed by atoms with Crippen molar-refractivity contribution in [2.24, 2.45) is 0 Å². The van der Waals surface area contributed by atoms with Crippen LogP contribution in [0.15, 0.2) is 24.4 Å². The van der Waals surface area contributed by atoms with Crippen molar-refractivity contribution >= 4 is 16.8 Å². The summed E-state index contributed by atoms with van der Waals surface area (Å²) in [5.41, 5.74) is 1.69. The molecule has 2 aliphatic rings. The van der Waals surface area contributed by atoms with Gasteiger partial charge < -0.3 is 19.7 Å². The van der Waals surface area contributed by atoms with Crippen LogP contribution in [0.1, 0.15) is 64.4 Å². The molecule has 3 unspecified atom stereocenters. The highest BCUT2D eigenvalue weighted by Crippen LogP contribution is 2.39. The van der Waals surface area contributed by atoms with Gasteiger partial charge in [0.25, 0.3) is 0 Å². The molecule has 3 atom stereocenters. The molecule has 1 aromatic heterocycles. The lowest BCUT2D eigenvalue weighted by Crippen LogP contribution is -2.55. The number of likely N-dealkylation sites (tertiary alicyclic amines) is 1. The zero-order valence-corrected chi connectivity index (χ0v) is 15.6. The zero-order chi connectivity index (χ0) is 18.3. The summed E-state index contributed by atoms with van der Waals surface area (Å²) in [6.07, 6.45) is 6.90. The number of aromatic amines is 1. The molecule has 4 rings (SSSR count). The quantitative estimate of drug-likeness (QED) is 0.845. The zero-order valence-electron chi connectivity index (χ0n) is 15.6. The van der Waals surface area contributed by atoms with Gasteiger partial charge in [0.1, 0.15) is 5.75 Å². The van der Waals surface area contributed by atoms with Gasteiger partial charge in [-0.3, -0.25) is 4.79 Å². The molecule has 5 nitrogen and oxygen atoms in total. The molecule has 1 saturated carbocycles. The van der Waals surface area contributed by atoms with E-state index >= 15 is 0 Å². The second-order valence-electron chi connectivity index (χ2n) is 8.07. The van der Waals surface area contributed by atoms with Crippen molar-refractivity contribution in [1.82, 2.24) is 9.88 Å². The number of piperidine rings is 1. The average molecular weight is 373 g/mol. The Morgan fingerprint density at radius 3 is 3.04 bits per heavy atom. The van der Waals surface area contributed by atoms with Crippen LogP contribution in [-0.4, -0.2) is 46.2 Å². The number of aromatic nitrogens is 1. The van der Waals surface area contributed by atoms with Gasteiger partial charge in [-0.25, -0.2) is 0 Å². The fourth-order valence-corrected chi connectivity index (χ4v) is 4.79. The Morgan fingerprint density at radius 2 is 2.26 bits per heavy atom. The second-order valence-corrected chi connectivity index (χ2v) is 8.07. The summed E-state index contributed by atoms with van der Waals surface area (Å²) in [5, 5.41) is 11.7. The van der Waals surface area contributed by atoms with E-state index in [0.29, 0.717) is 19.4 Å². The predicted molar refractivity (Wildman–Crippen MR) is 108 cm³/mol. The highest BCUT2D eigenvalue weighted by molar-refractivity contribution is 5.86. The van der Waals surface area contributed by atoms with E-state index in [4.69, 9.17) is 4.74 Å². The maximum absolute atomic E-state index is 13.0. The molecule has 2 heterocycles. The Morgan fingerprint density at radius 1 is 1.44 bits per heavy atom. The van der Waals surface area contributed by atoms with Gasteiger partial charge in [-0.2, -0.15) is 0 Å². The van der Waals surface area contributed by atoms with Gasteiger partial charge in [-0.15, -0.1) is 0 Å². The normalized spacial score (nSPS) is 25.7. The number of nitrogens with one attached hydrogen (secondary N) is 1. The van der Waals surface area contributed by atoms with Gasteiger partial charge >= 0.3 is 0 Å². The van der Waals surface area contributed by atoms with Gasteiger partial charge in [-0.1, -0.05) is 14.4 Å². The van der Waals surface area contributed by atoms with Crippen LogP contribution in [0.25, 0.3) is 10.9 Å². The molecule has 1 aliphatic carbocycles. The number of hydrogen-bond donors (Lipinski definition) is 2. The van der Waals surface area contributed by atoms with Crippen LogP contribution in [0, 0.1) is 0 Å². The summed E-state index contributed by atoms with van der Waals surface area (Å²) in [5.74, 6) is 1.17. The first-order chi connectivity index (χ1) is 12.5. The fourth-order valence-electron chi connectivity index (χ4n) is 4.79. The molecule has 0 spiro atoms. The third kappa shape index (κ3) is 3.70. The summed E-state index contributed by atoms with van der Waals surface area (Å²) in [6.45, 7) is 2.80. The van der Waals surface area contributed by atoms with Crippen molar-refractivity contribution in [3.8, 4) is 5.75 Å². The Hall–Kier alpha value is -2.01. The van der Waals surface area contributed by atoms with Gasteiger partial charge in [0.2, 0.25) is 5.91 Å². The fraction of sp³-hybridized carbons (Fsp3) is 0.591. The second kappa shape index (κ2) is 7.55. The molecule has 148 valence electrons. The predicted octanol–water partition coefficient (Wildman–Crippen LogP) is 4.21. The van der Waals surface area contributed by atoms with Crippen molar-refractivity contribution in [3.05, 3.63) is 30.0 Å². The molecule has 2 fully saturated rings. The largest absolute Gasteiger partial charge is 0.497 e. The van der Waals surface area contributed by atoms with E-state index in [0.717, 1.165) is 47.9 Å². The molecular formula is C22H32N2O3. The standard InChI is InChI=1S/C21H28N2O3.CH4/c1-14(18-13-22-19-6-5-16(26-2)11-17(18)19)10-20(24)23-9-8-21(25)7-3-4-15(23)12-21;/h5-6,11,13-15,22,25H,3-4,7-10,12H2,1-2H3;1H4. The van der Waals surface area contributed by atoms with E-state index in [9.17, 15) is 9.90 Å². The van der Waals surface area contributed by atoms with Crippen LogP contribution in [0.2, 0.25) is 0 Å². The van der Waals surface area contributed by atoms with Gasteiger partial charge in [-0.05, 0) is 61.8 Å². The van der Waals surface area contributed by atoms with Crippen LogP contribution in [0.5, 0.6) is 5.75 Å². The highest BCUT2D eigenvalue weighted by Gasteiger charge is 2.42. The first kappa shape index (κ1) is 19.7. The van der Waals surface area contributed by atoms with Crippen LogP contribution in [0.4, 0.5) is 0 Å². The summed E-state index contributed by atoms with van der Waals surface area (Å²) in [7, 11) is 1.67. The number of amides is 1. The van der Waals surface area contributed by atoms with Crippen molar-refractivity contribution in [3.63, 3.8) is 0 Å². The number of hydrogen-bond acceptors (Lipinski definition) is 3. The lowest BCUT2D eigenvalue weighted by molar-refractivity contribution is -0.144. The van der Waals surface area contributed by atoms with Crippen LogP contribution >= 0.6 is 0 Å². The van der Waals surface area contributed by atoms with Crippen LogP contribution < -0.4 is 4.74 Å². The highest BCUT2D eigenvalue weighted by atomic mass is 16.5. The van der Waals surface area contributed by atoms with E-state index in [1.165, 1.54) is 0 Å². The van der Waals surface area contributed by atoms with Crippen molar-refractivity contribution in [2.45, 2.75) is 70.4 Å². The number of methoxy groups -OCH3 is 1. The van der Waals surface area contributed by atoms with Gasteiger partial charge in [0.05, 0.1) is 12.7 Å². The number of aliphatic hydroxyl groups is 1. The minimum absolute atomic E-state index is 0. The Kier molecular flexibility index (Phi) is 5.52. The third-order valence-corrected chi connectivity index (χ3v) is 6.31. The minimum atomic E-state index is -0.529. The van der Waals surface area contributed by atoms with E-state index in [-0.39, 0.29) is 25.3 Å². The van der Waals surface area contributed by atoms with Crippen LogP contribution in [0.3, 0.4) is 0 Å². The van der Waals surface area contributed by atoms with Crippen molar-refractivity contribution in [1.29, 1.82) is 0 Å². The number of fused-ring (bicyclic) bond motifs is 3. The lowest BCUT2D eigenvalue weighted by atomic mass is 9.76. The van der Waals surface area contributed by atoms with Gasteiger partial charge in [0.15, 0.2) is 0 Å². The molecule has 1 amide bonds. The molecule has 0 radical (unpaired) electrons. The molecule has 2 N–H and O–H groups in total. The van der Waals surface area contributed by atoms with E-state index in [1.807, 2.05) is 29.3 Å². The number of nitrogens with zero attached hydrogens (tertiary/aromatic N) is 1. The first-order valence-electron chi connectivity index (χ1n) is 9.66. The number of carbonyl (C=O) groups is 1. The molecule has 5 heteroatoms. The lowest BCUT2D eigenvalue weighted by Gasteiger charge is -2.48. The Labute approximate surface area is 161 Å². The van der Waals surface area contributed by atoms with E-state index < -0.39 is 5.60 Å². The minimum Gasteiger partial charge on any atom is -0.497 e. The molecule has 2 aromatic rings. The van der Waals surface area contributed by atoms with Gasteiger partial charge in [0, 0.05) is 36.1 Å². The number of benzene rings is 1. The van der Waals surface area contributed by atoms with Crippen molar-refractivity contribution < 1.29 is 14.6 Å². The molecule has 1 aliphatic heterocycles. The molecule has 1 aromatic carbocycles. The summed E-state index contributed by atoms with van der Waals surface area (Å²) < 4.78 is 5.34. The number of carbonyl (C=O) groups excluding carboxylic acids is 1. The maximum Gasteiger partial charge on any atom is 0.223 e. The SMILES string of the molecule is C.COc1ccc2[nH]cc(C(C)CC(=O)N3CCC4(O)CCCC3C4)c2c1. The summed E-state index contributed by atoms with van der Waals surface area (Å²) in [4.78, 5) is 18.3. The maximum atomic E-state index is 13.0. The van der Waals surface area contributed by atoms with E-state index in [1.54, 1.807) is 7.11 Å². The number of H-pyrrole nitrogens is 1. The average Bonchev–Trinajstić information content (AvgIpc) is 3.04. The Balaban J connectivity index is 0.00000210. The molecule has 27 heavy (non-hydrogen) atoms. The molecule has 1 saturated heterocycles. The smallest absolute Gasteiger partial charge is 0.223 e.